The van der Waals surface area contributed by atoms with Crippen LogP contribution < -0.4 is 0 Å². The maximum Gasteiger partial charge on any atom is 0.339 e. The highest BCUT2D eigenvalue weighted by molar-refractivity contribution is 5.77. The van der Waals surface area contributed by atoms with Crippen LogP contribution in [0.2, 0.25) is 0 Å². The Bertz CT molecular complexity index is 158. The molecule has 0 spiro atoms. The molecule has 0 saturated carbocycles. The van der Waals surface area contributed by atoms with Gasteiger partial charge in [0.2, 0.25) is 0 Å². The van der Waals surface area contributed by atoms with Gasteiger partial charge in [0, 0.05) is 0 Å². The van der Waals surface area contributed by atoms with E-state index in [1.54, 1.807) is 6.92 Å². The van der Waals surface area contributed by atoms with E-state index >= 15 is 0 Å². The number of carbonyl (C=O) groups is 1. The minimum atomic E-state index is -1.16. The van der Waals surface area contributed by atoms with E-state index < -0.39 is 11.6 Å². The zero-order chi connectivity index (χ0) is 10.3. The lowest BCUT2D eigenvalue weighted by Gasteiger charge is -2.25. The first-order chi connectivity index (χ1) is 6.13. The largest absolute Gasteiger partial charge is 0.479 e. The Morgan fingerprint density at radius 2 is 2.08 bits per heavy atom. The second-order valence-corrected chi connectivity index (χ2v) is 3.01. The predicted octanol–water partition coefficient (Wildman–Crippen LogP) is 1.99. The van der Waals surface area contributed by atoms with Crippen LogP contribution in [0.15, 0.2) is 0 Å². The third kappa shape index (κ3) is 3.32. The number of unbranched alkanes of at least 4 members (excludes halogenated alkanes) is 1. The molecule has 0 bridgehead atoms. The highest BCUT2D eigenvalue weighted by atomic mass is 17.2. The number of hydrogen-bond donors (Lipinski definition) is 1. The van der Waals surface area contributed by atoms with Gasteiger partial charge in [-0.25, -0.2) is 14.6 Å². The molecule has 4 nitrogen and oxygen atoms in total. The van der Waals surface area contributed by atoms with Crippen molar-refractivity contribution in [1.82, 2.24) is 0 Å². The van der Waals surface area contributed by atoms with Gasteiger partial charge in [0.05, 0.1) is 7.11 Å². The molecule has 0 heterocycles. The predicted molar refractivity (Wildman–Crippen MR) is 48.3 cm³/mol. The van der Waals surface area contributed by atoms with Gasteiger partial charge < -0.3 is 5.11 Å². The fourth-order valence-electron chi connectivity index (χ4n) is 1.19. The van der Waals surface area contributed by atoms with Crippen LogP contribution in [-0.4, -0.2) is 23.8 Å². The highest BCUT2D eigenvalue weighted by Crippen LogP contribution is 2.23. The smallest absolute Gasteiger partial charge is 0.339 e. The molecular formula is C9H18O4. The summed E-state index contributed by atoms with van der Waals surface area (Å²) >= 11 is 0. The topological polar surface area (TPSA) is 55.8 Å². The summed E-state index contributed by atoms with van der Waals surface area (Å²) in [5.74, 6) is -0.953. The summed E-state index contributed by atoms with van der Waals surface area (Å²) in [6.45, 7) is 3.79. The van der Waals surface area contributed by atoms with Crippen molar-refractivity contribution in [3.8, 4) is 0 Å². The molecule has 0 aliphatic heterocycles. The van der Waals surface area contributed by atoms with Crippen molar-refractivity contribution in [2.24, 2.45) is 0 Å². The maximum atomic E-state index is 10.9. The summed E-state index contributed by atoms with van der Waals surface area (Å²) in [5.41, 5.74) is -1.16. The van der Waals surface area contributed by atoms with Gasteiger partial charge >= 0.3 is 5.97 Å². The first-order valence-corrected chi connectivity index (χ1v) is 4.58. The minimum absolute atomic E-state index is 0.413. The zero-order valence-electron chi connectivity index (χ0n) is 8.50. The molecule has 0 aromatic rings. The molecule has 0 fully saturated rings. The van der Waals surface area contributed by atoms with Gasteiger partial charge in [-0.05, 0) is 12.8 Å². The first-order valence-electron chi connectivity index (χ1n) is 4.58. The maximum absolute atomic E-state index is 10.9. The number of aliphatic carboxylic acids is 1. The van der Waals surface area contributed by atoms with E-state index in [-0.39, 0.29) is 0 Å². The zero-order valence-corrected chi connectivity index (χ0v) is 8.50. The van der Waals surface area contributed by atoms with E-state index in [9.17, 15) is 4.79 Å². The Morgan fingerprint density at radius 1 is 1.46 bits per heavy atom. The van der Waals surface area contributed by atoms with Crippen LogP contribution in [-0.2, 0) is 14.6 Å². The monoisotopic (exact) mass is 190 g/mol. The van der Waals surface area contributed by atoms with Crippen molar-refractivity contribution in [2.75, 3.05) is 7.11 Å². The average Bonchev–Trinajstić information content (AvgIpc) is 2.12. The van der Waals surface area contributed by atoms with Crippen molar-refractivity contribution in [2.45, 2.75) is 45.1 Å². The Kier molecular flexibility index (Phi) is 5.66. The summed E-state index contributed by atoms with van der Waals surface area (Å²) in [5, 5.41) is 8.98. The molecule has 0 aliphatic carbocycles. The normalized spacial score (nSPS) is 15.3. The second kappa shape index (κ2) is 5.94. The van der Waals surface area contributed by atoms with Gasteiger partial charge in [-0.2, -0.15) is 0 Å². The lowest BCUT2D eigenvalue weighted by atomic mass is 9.94. The SMILES string of the molecule is CCCCC(CC)(OOC)C(=O)O. The molecule has 0 aromatic carbocycles. The summed E-state index contributed by atoms with van der Waals surface area (Å²) in [6, 6.07) is 0. The van der Waals surface area contributed by atoms with Gasteiger partial charge in [-0.15, -0.1) is 0 Å². The van der Waals surface area contributed by atoms with Crippen LogP contribution in [0.4, 0.5) is 0 Å². The molecule has 0 radical (unpaired) electrons. The lowest BCUT2D eigenvalue weighted by molar-refractivity contribution is -0.340. The number of rotatable bonds is 7. The number of hydrogen-bond acceptors (Lipinski definition) is 3. The molecule has 1 unspecified atom stereocenters. The molecule has 0 amide bonds. The van der Waals surface area contributed by atoms with Crippen molar-refractivity contribution in [1.29, 1.82) is 0 Å². The Labute approximate surface area is 78.8 Å². The fraction of sp³-hybridized carbons (Fsp3) is 0.889. The summed E-state index contributed by atoms with van der Waals surface area (Å²) in [6.07, 6.45) is 2.67. The lowest BCUT2D eigenvalue weighted by Crippen LogP contribution is -2.40. The van der Waals surface area contributed by atoms with Gasteiger partial charge in [-0.1, -0.05) is 26.7 Å². The van der Waals surface area contributed by atoms with E-state index in [2.05, 4.69) is 4.89 Å². The van der Waals surface area contributed by atoms with Crippen LogP contribution in [0, 0.1) is 0 Å². The van der Waals surface area contributed by atoms with Crippen molar-refractivity contribution >= 4 is 5.97 Å². The quantitative estimate of drug-likeness (QED) is 0.492. The van der Waals surface area contributed by atoms with Crippen LogP contribution in [0.1, 0.15) is 39.5 Å². The van der Waals surface area contributed by atoms with Gasteiger partial charge in [0.1, 0.15) is 0 Å². The van der Waals surface area contributed by atoms with Crippen LogP contribution in [0.5, 0.6) is 0 Å². The molecule has 0 rings (SSSR count). The van der Waals surface area contributed by atoms with Crippen LogP contribution in [0.25, 0.3) is 0 Å². The molecule has 0 saturated heterocycles. The van der Waals surface area contributed by atoms with Crippen LogP contribution >= 0.6 is 0 Å². The minimum Gasteiger partial charge on any atom is -0.479 e. The van der Waals surface area contributed by atoms with E-state index in [1.165, 1.54) is 7.11 Å². The van der Waals surface area contributed by atoms with Gasteiger partial charge in [-0.3, -0.25) is 0 Å². The van der Waals surface area contributed by atoms with E-state index in [0.29, 0.717) is 12.8 Å². The molecule has 4 heteroatoms. The third-order valence-corrected chi connectivity index (χ3v) is 2.14. The van der Waals surface area contributed by atoms with E-state index in [0.717, 1.165) is 12.8 Å². The first kappa shape index (κ1) is 12.4. The Hall–Kier alpha value is -0.610. The van der Waals surface area contributed by atoms with Gasteiger partial charge in [0.25, 0.3) is 0 Å². The molecule has 0 aromatic heterocycles. The standard InChI is InChI=1S/C9H18O4/c1-4-6-7-9(5-2,8(10)11)13-12-3/h4-7H2,1-3H3,(H,10,11). The van der Waals surface area contributed by atoms with Crippen molar-refractivity contribution < 1.29 is 19.7 Å². The fourth-order valence-corrected chi connectivity index (χ4v) is 1.19. The highest BCUT2D eigenvalue weighted by Gasteiger charge is 2.38. The van der Waals surface area contributed by atoms with Crippen LogP contribution in [0.3, 0.4) is 0 Å². The average molecular weight is 190 g/mol. The van der Waals surface area contributed by atoms with E-state index in [1.807, 2.05) is 6.92 Å². The molecule has 1 N–H and O–H groups in total. The van der Waals surface area contributed by atoms with E-state index in [4.69, 9.17) is 9.99 Å². The Morgan fingerprint density at radius 3 is 2.38 bits per heavy atom. The summed E-state index contributed by atoms with van der Waals surface area (Å²) in [4.78, 5) is 20.3. The number of carboxylic acids is 1. The third-order valence-electron chi connectivity index (χ3n) is 2.14. The molecule has 0 aliphatic rings. The van der Waals surface area contributed by atoms with Gasteiger partial charge in [0.15, 0.2) is 5.60 Å². The molecule has 1 atom stereocenters. The number of carboxylic acid groups (broad SMARTS) is 1. The summed E-state index contributed by atoms with van der Waals surface area (Å²) < 4.78 is 0. The Balaban J connectivity index is 4.35. The molecular weight excluding hydrogens is 172 g/mol. The molecule has 78 valence electrons. The molecule has 13 heavy (non-hydrogen) atoms. The second-order valence-electron chi connectivity index (χ2n) is 3.01. The van der Waals surface area contributed by atoms with Crippen molar-refractivity contribution in [3.63, 3.8) is 0 Å². The summed E-state index contributed by atoms with van der Waals surface area (Å²) in [7, 11) is 1.33. The van der Waals surface area contributed by atoms with Crippen molar-refractivity contribution in [3.05, 3.63) is 0 Å².